The molecule has 12 heteroatoms. The molecule has 2 rings (SSSR count). The van der Waals surface area contributed by atoms with Crippen molar-refractivity contribution in [1.82, 2.24) is 0 Å². The molecule has 212 valence electrons. The number of carbonyl (C=O) groups is 1. The Kier molecular flexibility index (Phi) is 13.4. The van der Waals surface area contributed by atoms with Gasteiger partial charge in [-0.15, -0.1) is 0 Å². The van der Waals surface area contributed by atoms with Crippen molar-refractivity contribution in [3.63, 3.8) is 0 Å². The maximum atomic E-state index is 12.3. The van der Waals surface area contributed by atoms with Gasteiger partial charge in [0, 0.05) is 6.42 Å². The van der Waals surface area contributed by atoms with Gasteiger partial charge in [0.05, 0.1) is 13.2 Å². The Morgan fingerprint density at radius 2 is 1.36 bits per heavy atom. The number of aliphatic hydroxyl groups excluding tert-OH is 7. The van der Waals surface area contributed by atoms with Crippen LogP contribution in [0.2, 0.25) is 0 Å². The van der Waals surface area contributed by atoms with Crippen LogP contribution >= 0.6 is 0 Å². The summed E-state index contributed by atoms with van der Waals surface area (Å²) in [6.07, 6.45) is -3.16. The van der Waals surface area contributed by atoms with E-state index < -0.39 is 80.6 Å². The van der Waals surface area contributed by atoms with E-state index in [0.29, 0.717) is 6.42 Å². The third-order valence-corrected chi connectivity index (χ3v) is 6.77. The van der Waals surface area contributed by atoms with Crippen LogP contribution in [0.15, 0.2) is 0 Å². The van der Waals surface area contributed by atoms with Crippen LogP contribution in [0.5, 0.6) is 0 Å². The van der Waals surface area contributed by atoms with Crippen LogP contribution in [-0.2, 0) is 23.7 Å². The molecule has 0 amide bonds. The summed E-state index contributed by atoms with van der Waals surface area (Å²) in [6, 6.07) is 0. The minimum atomic E-state index is -2.24. The second kappa shape index (κ2) is 15.5. The highest BCUT2D eigenvalue weighted by Crippen LogP contribution is 2.36. The first-order chi connectivity index (χ1) is 17.2. The number of aliphatic hydroxyl groups is 7. The number of hydrogen-bond donors (Lipinski definition) is 7. The first kappa shape index (κ1) is 31.3. The normalized spacial score (nSPS) is 36.8. The summed E-state index contributed by atoms with van der Waals surface area (Å²) >= 11 is 0. The molecule has 7 N–H and O–H groups in total. The van der Waals surface area contributed by atoms with E-state index in [9.17, 15) is 40.5 Å². The molecule has 0 aliphatic carbocycles. The highest BCUT2D eigenvalue weighted by molar-refractivity contribution is 5.69. The maximum absolute atomic E-state index is 12.3. The maximum Gasteiger partial charge on any atom is 0.305 e. The van der Waals surface area contributed by atoms with E-state index in [2.05, 4.69) is 6.92 Å². The summed E-state index contributed by atoms with van der Waals surface area (Å²) in [5, 5.41) is 70.0. The van der Waals surface area contributed by atoms with Crippen LogP contribution in [0.3, 0.4) is 0 Å². The summed E-state index contributed by atoms with van der Waals surface area (Å²) in [6.45, 7) is 0.0727. The lowest BCUT2D eigenvalue weighted by Crippen LogP contribution is -2.62. The summed E-state index contributed by atoms with van der Waals surface area (Å²) in [5.74, 6) is -2.83. The predicted octanol–water partition coefficient (Wildman–Crippen LogP) is -0.924. The van der Waals surface area contributed by atoms with Crippen molar-refractivity contribution in [3.8, 4) is 0 Å². The number of unbranched alkanes of at least 4 members (excludes halogenated alkanes) is 8. The van der Waals surface area contributed by atoms with Gasteiger partial charge < -0.3 is 54.7 Å². The molecule has 0 aromatic rings. The minimum absolute atomic E-state index is 0.119. The Labute approximate surface area is 211 Å². The number of ether oxygens (including phenoxy) is 4. The van der Waals surface area contributed by atoms with Crippen LogP contribution in [-0.4, -0.2) is 116 Å². The van der Waals surface area contributed by atoms with Crippen LogP contribution in [0.4, 0.5) is 0 Å². The van der Waals surface area contributed by atoms with Gasteiger partial charge in [0.25, 0.3) is 0 Å². The van der Waals surface area contributed by atoms with Crippen molar-refractivity contribution < 1.29 is 59.5 Å². The highest BCUT2D eigenvalue weighted by atomic mass is 16.8. The topological polar surface area (TPSA) is 196 Å². The Balaban J connectivity index is 1.91. The van der Waals surface area contributed by atoms with E-state index in [1.807, 2.05) is 0 Å². The average molecular weight is 525 g/mol. The van der Waals surface area contributed by atoms with E-state index in [1.54, 1.807) is 0 Å². The minimum Gasteiger partial charge on any atom is -0.460 e. The largest absolute Gasteiger partial charge is 0.460 e. The fourth-order valence-electron chi connectivity index (χ4n) is 4.45. The van der Waals surface area contributed by atoms with E-state index in [-0.39, 0.29) is 6.42 Å². The number of rotatable bonds is 16. The van der Waals surface area contributed by atoms with E-state index >= 15 is 0 Å². The molecule has 0 bridgehead atoms. The zero-order chi connectivity index (χ0) is 26.7. The van der Waals surface area contributed by atoms with Crippen LogP contribution in [0.25, 0.3) is 0 Å². The zero-order valence-corrected chi connectivity index (χ0v) is 21.0. The average Bonchev–Trinajstić information content (AvgIpc) is 3.11. The fraction of sp³-hybridized carbons (Fsp3) is 0.958. The van der Waals surface area contributed by atoms with Crippen LogP contribution < -0.4 is 0 Å². The second-order valence-electron chi connectivity index (χ2n) is 9.64. The lowest BCUT2D eigenvalue weighted by molar-refractivity contribution is -0.383. The Morgan fingerprint density at radius 3 is 1.92 bits per heavy atom. The predicted molar refractivity (Wildman–Crippen MR) is 124 cm³/mol. The molecule has 2 heterocycles. The van der Waals surface area contributed by atoms with Crippen LogP contribution in [0.1, 0.15) is 71.1 Å². The third-order valence-electron chi connectivity index (χ3n) is 6.77. The molecule has 0 saturated carbocycles. The molecular formula is C24H44O12. The van der Waals surface area contributed by atoms with Crippen molar-refractivity contribution in [2.75, 3.05) is 19.8 Å². The lowest BCUT2D eigenvalue weighted by Gasteiger charge is -2.43. The molecule has 2 aliphatic heterocycles. The van der Waals surface area contributed by atoms with E-state index in [1.165, 1.54) is 32.1 Å². The molecule has 12 nitrogen and oxygen atoms in total. The van der Waals surface area contributed by atoms with Crippen molar-refractivity contribution >= 4 is 5.97 Å². The number of hydrogen-bond acceptors (Lipinski definition) is 12. The van der Waals surface area contributed by atoms with Gasteiger partial charge in [0.2, 0.25) is 5.79 Å². The van der Waals surface area contributed by atoms with Crippen molar-refractivity contribution in [3.05, 3.63) is 0 Å². The van der Waals surface area contributed by atoms with Crippen molar-refractivity contribution in [2.45, 2.75) is 126 Å². The van der Waals surface area contributed by atoms with Gasteiger partial charge in [-0.1, -0.05) is 58.3 Å². The zero-order valence-electron chi connectivity index (χ0n) is 21.0. The molecule has 0 spiro atoms. The molecule has 0 aromatic carbocycles. The van der Waals surface area contributed by atoms with Gasteiger partial charge in [-0.05, 0) is 6.42 Å². The molecule has 0 radical (unpaired) electrons. The van der Waals surface area contributed by atoms with Crippen molar-refractivity contribution in [1.29, 1.82) is 0 Å². The Morgan fingerprint density at radius 1 is 0.778 bits per heavy atom. The van der Waals surface area contributed by atoms with Gasteiger partial charge in [0.1, 0.15) is 49.3 Å². The number of esters is 1. The summed E-state index contributed by atoms with van der Waals surface area (Å²) in [4.78, 5) is 12.3. The monoisotopic (exact) mass is 524 g/mol. The Hall–Kier alpha value is -0.930. The summed E-state index contributed by atoms with van der Waals surface area (Å²) in [7, 11) is 0. The second-order valence-corrected chi connectivity index (χ2v) is 9.64. The smallest absolute Gasteiger partial charge is 0.305 e. The third kappa shape index (κ3) is 8.29. The summed E-state index contributed by atoms with van der Waals surface area (Å²) in [5.41, 5.74) is 0. The first-order valence-electron chi connectivity index (χ1n) is 13.0. The van der Waals surface area contributed by atoms with E-state index in [4.69, 9.17) is 18.9 Å². The molecule has 2 saturated heterocycles. The molecular weight excluding hydrogens is 480 g/mol. The van der Waals surface area contributed by atoms with Gasteiger partial charge in [-0.3, -0.25) is 4.79 Å². The number of carbonyl (C=O) groups excluding carboxylic acids is 1. The standard InChI is InChI=1S/C24H44O12/c1-2-3-4-5-6-7-8-9-10-11-17(27)33-14-24(22(32)19(29)16(13-26)35-24)36-23-21(31)20(30)18(28)15(12-25)34-23/h15-16,18-23,25-26,28-32H,2-14H2,1H3/t15-,16-,18-,19-,20+,21-,22+,23-,24+/m1/s1. The van der Waals surface area contributed by atoms with Crippen LogP contribution in [0, 0.1) is 0 Å². The van der Waals surface area contributed by atoms with Gasteiger partial charge in [-0.25, -0.2) is 0 Å². The molecule has 36 heavy (non-hydrogen) atoms. The SMILES string of the molecule is CCCCCCCCCCCC(=O)OC[C@@]1(O[C@H]2O[C@H](CO)[C@@H](O)[C@H](O)[C@H]2O)O[C@H](CO)[C@@H](O)[C@@H]1O. The Bertz CT molecular complexity index is 634. The van der Waals surface area contributed by atoms with E-state index in [0.717, 1.165) is 19.3 Å². The fourth-order valence-corrected chi connectivity index (χ4v) is 4.45. The molecule has 0 unspecified atom stereocenters. The van der Waals surface area contributed by atoms with Gasteiger partial charge >= 0.3 is 5.97 Å². The van der Waals surface area contributed by atoms with Gasteiger partial charge in [0.15, 0.2) is 6.29 Å². The van der Waals surface area contributed by atoms with Gasteiger partial charge in [-0.2, -0.15) is 0 Å². The molecule has 2 aliphatic rings. The lowest BCUT2D eigenvalue weighted by atomic mass is 9.99. The van der Waals surface area contributed by atoms with Crippen molar-refractivity contribution in [2.24, 2.45) is 0 Å². The first-order valence-corrected chi connectivity index (χ1v) is 13.0. The highest BCUT2D eigenvalue weighted by Gasteiger charge is 2.59. The summed E-state index contributed by atoms with van der Waals surface area (Å²) < 4.78 is 21.6. The quantitative estimate of drug-likeness (QED) is 0.0970. The molecule has 9 atom stereocenters. The molecule has 0 aromatic heterocycles. The molecule has 2 fully saturated rings.